The summed E-state index contributed by atoms with van der Waals surface area (Å²) in [7, 11) is 1.24. The number of nitrogens with zero attached hydrogens (tertiary/aromatic N) is 1. The molecule has 2 rings (SSSR count). The van der Waals surface area contributed by atoms with Gasteiger partial charge in [-0.3, -0.25) is 9.59 Å². The van der Waals surface area contributed by atoms with E-state index >= 15 is 0 Å². The van der Waals surface area contributed by atoms with Crippen LogP contribution in [0, 0.1) is 24.2 Å². The van der Waals surface area contributed by atoms with Crippen LogP contribution in [0.4, 0.5) is 0 Å². The molecular weight excluding hydrogens is 300 g/mol. The monoisotopic (exact) mass is 316 g/mol. The molecule has 0 radical (unpaired) electrons. The minimum absolute atomic E-state index is 0.381. The predicted octanol–water partition coefficient (Wildman–Crippen LogP) is 2.10. The Balaban J connectivity index is 2.62. The van der Waals surface area contributed by atoms with Crippen LogP contribution in [0.25, 0.3) is 0 Å². The van der Waals surface area contributed by atoms with Crippen molar-refractivity contribution in [1.29, 1.82) is 5.26 Å². The van der Waals surface area contributed by atoms with Gasteiger partial charge in [-0.2, -0.15) is 5.26 Å². The SMILES string of the molecule is COC(=O)[C@H]1C(=O)NC(SC)=C(C#N)[C@@H]1c1ccc(C)cc1. The van der Waals surface area contributed by atoms with Gasteiger partial charge in [0.1, 0.15) is 5.92 Å². The van der Waals surface area contributed by atoms with Gasteiger partial charge in [-0.05, 0) is 18.7 Å². The topological polar surface area (TPSA) is 79.2 Å². The normalized spacial score (nSPS) is 21.1. The number of rotatable bonds is 3. The van der Waals surface area contributed by atoms with Crippen molar-refractivity contribution < 1.29 is 14.3 Å². The highest BCUT2D eigenvalue weighted by Crippen LogP contribution is 2.39. The lowest BCUT2D eigenvalue weighted by molar-refractivity contribution is -0.150. The number of methoxy groups -OCH3 is 1. The molecule has 1 N–H and O–H groups in total. The molecule has 0 unspecified atom stereocenters. The highest BCUT2D eigenvalue weighted by atomic mass is 32.2. The number of ether oxygens (including phenoxy) is 1. The van der Waals surface area contributed by atoms with Crippen LogP contribution in [-0.2, 0) is 14.3 Å². The van der Waals surface area contributed by atoms with Gasteiger partial charge >= 0.3 is 5.97 Å². The zero-order chi connectivity index (χ0) is 16.3. The molecule has 5 nitrogen and oxygen atoms in total. The van der Waals surface area contributed by atoms with Gasteiger partial charge in [-0.15, -0.1) is 11.8 Å². The quantitative estimate of drug-likeness (QED) is 0.682. The Morgan fingerprint density at radius 2 is 2.00 bits per heavy atom. The summed E-state index contributed by atoms with van der Waals surface area (Å²) in [6.07, 6.45) is 1.78. The first-order valence-electron chi connectivity index (χ1n) is 6.67. The van der Waals surface area contributed by atoms with Crippen LogP contribution in [0.3, 0.4) is 0 Å². The van der Waals surface area contributed by atoms with Gasteiger partial charge in [-0.25, -0.2) is 0 Å². The largest absolute Gasteiger partial charge is 0.468 e. The van der Waals surface area contributed by atoms with Gasteiger partial charge in [0, 0.05) is 5.92 Å². The van der Waals surface area contributed by atoms with Crippen molar-refractivity contribution in [3.63, 3.8) is 0 Å². The summed E-state index contributed by atoms with van der Waals surface area (Å²) in [5.74, 6) is -2.77. The van der Waals surface area contributed by atoms with Gasteiger partial charge < -0.3 is 10.1 Å². The number of thioether (sulfide) groups is 1. The molecule has 0 saturated carbocycles. The number of esters is 1. The number of hydrogen-bond donors (Lipinski definition) is 1. The fraction of sp³-hybridized carbons (Fsp3) is 0.312. The van der Waals surface area contributed by atoms with Gasteiger partial charge in [0.25, 0.3) is 0 Å². The summed E-state index contributed by atoms with van der Waals surface area (Å²) in [6.45, 7) is 1.95. The van der Waals surface area contributed by atoms with Crippen molar-refractivity contribution in [2.24, 2.45) is 5.92 Å². The minimum Gasteiger partial charge on any atom is -0.468 e. The third-order valence-corrected chi connectivity index (χ3v) is 4.35. The zero-order valence-electron chi connectivity index (χ0n) is 12.5. The molecule has 0 saturated heterocycles. The van der Waals surface area contributed by atoms with Crippen LogP contribution >= 0.6 is 11.8 Å². The lowest BCUT2D eigenvalue weighted by Gasteiger charge is -2.30. The van der Waals surface area contributed by atoms with Crippen LogP contribution in [0.2, 0.25) is 0 Å². The van der Waals surface area contributed by atoms with E-state index in [4.69, 9.17) is 4.74 Å². The first-order chi connectivity index (χ1) is 10.5. The number of carbonyl (C=O) groups is 2. The molecular formula is C16H16N2O3S. The zero-order valence-corrected chi connectivity index (χ0v) is 13.4. The van der Waals surface area contributed by atoms with Gasteiger partial charge in [0.15, 0.2) is 0 Å². The number of carbonyl (C=O) groups excluding carboxylic acids is 2. The second-order valence-corrected chi connectivity index (χ2v) is 5.75. The third kappa shape index (κ3) is 2.85. The lowest BCUT2D eigenvalue weighted by Crippen LogP contribution is -2.44. The van der Waals surface area contributed by atoms with E-state index in [2.05, 4.69) is 11.4 Å². The highest BCUT2D eigenvalue weighted by molar-refractivity contribution is 8.02. The van der Waals surface area contributed by atoms with E-state index < -0.39 is 23.7 Å². The van der Waals surface area contributed by atoms with Gasteiger partial charge in [0.2, 0.25) is 5.91 Å². The number of aryl methyl sites for hydroxylation is 1. The van der Waals surface area contributed by atoms with E-state index in [-0.39, 0.29) is 0 Å². The fourth-order valence-corrected chi connectivity index (χ4v) is 3.10. The van der Waals surface area contributed by atoms with Crippen LogP contribution in [-0.4, -0.2) is 25.2 Å². The molecule has 1 aliphatic rings. The second kappa shape index (κ2) is 6.67. The molecule has 22 heavy (non-hydrogen) atoms. The van der Waals surface area contributed by atoms with Crippen molar-refractivity contribution in [2.75, 3.05) is 13.4 Å². The molecule has 114 valence electrons. The maximum absolute atomic E-state index is 12.3. The van der Waals surface area contributed by atoms with Crippen molar-refractivity contribution in [3.8, 4) is 6.07 Å². The van der Waals surface area contributed by atoms with Crippen molar-refractivity contribution in [2.45, 2.75) is 12.8 Å². The van der Waals surface area contributed by atoms with Crippen LogP contribution in [0.1, 0.15) is 17.0 Å². The molecule has 2 atom stereocenters. The number of benzene rings is 1. The first-order valence-corrected chi connectivity index (χ1v) is 7.89. The maximum atomic E-state index is 12.3. The van der Waals surface area contributed by atoms with Crippen LogP contribution in [0.15, 0.2) is 34.9 Å². The Morgan fingerprint density at radius 3 is 2.50 bits per heavy atom. The van der Waals surface area contributed by atoms with E-state index in [1.165, 1.54) is 18.9 Å². The molecule has 0 aromatic heterocycles. The molecule has 0 bridgehead atoms. The molecule has 1 amide bonds. The summed E-state index contributed by atoms with van der Waals surface area (Å²) >= 11 is 1.28. The molecule has 0 fully saturated rings. The van der Waals surface area contributed by atoms with E-state index in [1.807, 2.05) is 31.2 Å². The van der Waals surface area contributed by atoms with Gasteiger partial charge in [-0.1, -0.05) is 29.8 Å². The predicted molar refractivity (Wildman–Crippen MR) is 83.7 cm³/mol. The van der Waals surface area contributed by atoms with Crippen LogP contribution < -0.4 is 5.32 Å². The number of hydrogen-bond acceptors (Lipinski definition) is 5. The summed E-state index contributed by atoms with van der Waals surface area (Å²) in [5, 5.41) is 12.6. The molecule has 0 spiro atoms. The summed E-state index contributed by atoms with van der Waals surface area (Å²) in [6, 6.07) is 9.59. The smallest absolute Gasteiger partial charge is 0.319 e. The molecule has 1 aliphatic heterocycles. The summed E-state index contributed by atoms with van der Waals surface area (Å²) in [4.78, 5) is 24.4. The number of allylic oxidation sites excluding steroid dienone is 1. The summed E-state index contributed by atoms with van der Waals surface area (Å²) < 4.78 is 4.76. The molecule has 1 aromatic rings. The Bertz CT molecular complexity index is 674. The number of amides is 1. The summed E-state index contributed by atoms with van der Waals surface area (Å²) in [5.41, 5.74) is 2.19. The Hall–Kier alpha value is -2.26. The second-order valence-electron chi connectivity index (χ2n) is 4.94. The van der Waals surface area contributed by atoms with Crippen molar-refractivity contribution >= 4 is 23.6 Å². The molecule has 1 heterocycles. The Labute approximate surface area is 133 Å². The van der Waals surface area contributed by atoms with Crippen molar-refractivity contribution in [3.05, 3.63) is 46.0 Å². The molecule has 0 aliphatic carbocycles. The van der Waals surface area contributed by atoms with E-state index in [0.717, 1.165) is 11.1 Å². The Kier molecular flexibility index (Phi) is 4.88. The highest BCUT2D eigenvalue weighted by Gasteiger charge is 2.43. The first kappa shape index (κ1) is 16.1. The van der Waals surface area contributed by atoms with Gasteiger partial charge in [0.05, 0.1) is 23.8 Å². The molecule has 1 aromatic carbocycles. The fourth-order valence-electron chi connectivity index (χ4n) is 2.50. The maximum Gasteiger partial charge on any atom is 0.319 e. The van der Waals surface area contributed by atoms with E-state index in [0.29, 0.717) is 10.6 Å². The van der Waals surface area contributed by atoms with Crippen molar-refractivity contribution in [1.82, 2.24) is 5.32 Å². The number of nitriles is 1. The average Bonchev–Trinajstić information content (AvgIpc) is 2.53. The lowest BCUT2D eigenvalue weighted by atomic mass is 9.78. The number of nitrogens with one attached hydrogen (secondary N) is 1. The van der Waals surface area contributed by atoms with E-state index in [9.17, 15) is 14.9 Å². The Morgan fingerprint density at radius 1 is 1.36 bits per heavy atom. The van der Waals surface area contributed by atoms with Crippen LogP contribution in [0.5, 0.6) is 0 Å². The average molecular weight is 316 g/mol. The molecule has 6 heteroatoms. The van der Waals surface area contributed by atoms with E-state index in [1.54, 1.807) is 6.26 Å². The third-order valence-electron chi connectivity index (χ3n) is 3.62. The standard InChI is InChI=1S/C16H16N2O3S/c1-9-4-6-10(7-5-9)12-11(8-17)15(22-3)18-14(19)13(12)16(20)21-2/h4-7,12-13H,1-3H3,(H,18,19)/t12-,13+/m0/s1. The minimum atomic E-state index is -1.06.